The smallest absolute Gasteiger partial charge is 0.338 e. The highest BCUT2D eigenvalue weighted by Gasteiger charge is 2.34. The number of ether oxygens (including phenoxy) is 4. The van der Waals surface area contributed by atoms with Crippen molar-refractivity contribution in [1.82, 2.24) is 4.57 Å². The van der Waals surface area contributed by atoms with Gasteiger partial charge in [-0.15, -0.1) is 0 Å². The fourth-order valence-corrected chi connectivity index (χ4v) is 5.19. The van der Waals surface area contributed by atoms with Gasteiger partial charge >= 0.3 is 11.9 Å². The number of methoxy groups -OCH3 is 2. The van der Waals surface area contributed by atoms with E-state index in [1.165, 1.54) is 37.0 Å². The number of carbonyl (C=O) groups excluding carboxylic acids is 2. The topological polar surface area (TPSA) is 105 Å². The van der Waals surface area contributed by atoms with Crippen LogP contribution < -0.4 is 29.1 Å². The fourth-order valence-electron chi connectivity index (χ4n) is 4.14. The number of allylic oxidation sites excluding steroid dienone is 1. The molecule has 0 saturated heterocycles. The van der Waals surface area contributed by atoms with Crippen molar-refractivity contribution in [2.45, 2.75) is 26.8 Å². The zero-order chi connectivity index (χ0) is 26.7. The third-order valence-corrected chi connectivity index (χ3v) is 6.67. The number of aromatic nitrogens is 1. The number of nitrogens with zero attached hydrogens (tertiary/aromatic N) is 2. The maximum atomic E-state index is 13.8. The van der Waals surface area contributed by atoms with Gasteiger partial charge < -0.3 is 18.9 Å². The molecule has 37 heavy (non-hydrogen) atoms. The molecule has 2 aromatic carbocycles. The zero-order valence-electron chi connectivity index (χ0n) is 21.1. The number of carbonyl (C=O) groups is 2. The quantitative estimate of drug-likeness (QED) is 0.347. The van der Waals surface area contributed by atoms with E-state index in [1.54, 1.807) is 44.2 Å². The van der Waals surface area contributed by atoms with Crippen LogP contribution in [0.1, 0.15) is 37.9 Å². The van der Waals surface area contributed by atoms with Crippen LogP contribution in [-0.2, 0) is 14.3 Å². The van der Waals surface area contributed by atoms with Crippen LogP contribution in [0.4, 0.5) is 0 Å². The second-order valence-electron chi connectivity index (χ2n) is 8.05. The summed E-state index contributed by atoms with van der Waals surface area (Å²) in [6.07, 6.45) is 1.70. The van der Waals surface area contributed by atoms with Crippen LogP contribution in [0.15, 0.2) is 63.5 Å². The highest BCUT2D eigenvalue weighted by atomic mass is 32.1. The van der Waals surface area contributed by atoms with Gasteiger partial charge in [0.1, 0.15) is 11.8 Å². The molecule has 9 nitrogen and oxygen atoms in total. The van der Waals surface area contributed by atoms with Crippen LogP contribution in [0, 0.1) is 0 Å². The average Bonchev–Trinajstić information content (AvgIpc) is 3.17. The van der Waals surface area contributed by atoms with Crippen molar-refractivity contribution in [2.75, 3.05) is 20.8 Å². The summed E-state index contributed by atoms with van der Waals surface area (Å²) in [5.74, 6) is 0.149. The van der Waals surface area contributed by atoms with Gasteiger partial charge in [0.15, 0.2) is 16.3 Å². The summed E-state index contributed by atoms with van der Waals surface area (Å²) in [7, 11) is 3.00. The number of hydrogen-bond donors (Lipinski definition) is 0. The van der Waals surface area contributed by atoms with Crippen LogP contribution >= 0.6 is 11.3 Å². The molecule has 0 N–H and O–H groups in total. The summed E-state index contributed by atoms with van der Waals surface area (Å²) in [4.78, 5) is 43.2. The monoisotopic (exact) mass is 522 g/mol. The Morgan fingerprint density at radius 3 is 2.49 bits per heavy atom. The second kappa shape index (κ2) is 10.8. The number of thiazole rings is 1. The van der Waals surface area contributed by atoms with E-state index in [0.29, 0.717) is 37.7 Å². The molecular formula is C27H26N2O7S. The van der Waals surface area contributed by atoms with Crippen LogP contribution in [0.2, 0.25) is 0 Å². The molecule has 0 fully saturated rings. The summed E-state index contributed by atoms with van der Waals surface area (Å²) in [5.41, 5.74) is 1.72. The molecule has 0 bridgehead atoms. The van der Waals surface area contributed by atoms with E-state index in [9.17, 15) is 14.4 Å². The molecule has 0 radical (unpaired) electrons. The molecule has 4 rings (SSSR count). The molecule has 10 heteroatoms. The second-order valence-corrected chi connectivity index (χ2v) is 9.06. The van der Waals surface area contributed by atoms with Crippen LogP contribution in [0.3, 0.4) is 0 Å². The molecule has 0 aliphatic carbocycles. The summed E-state index contributed by atoms with van der Waals surface area (Å²) in [5, 5.41) is 0. The van der Waals surface area contributed by atoms with Crippen molar-refractivity contribution >= 4 is 29.4 Å². The van der Waals surface area contributed by atoms with Gasteiger partial charge in [0, 0.05) is 12.5 Å². The van der Waals surface area contributed by atoms with Gasteiger partial charge in [-0.2, -0.15) is 0 Å². The molecule has 1 atom stereocenters. The molecular weight excluding hydrogens is 496 g/mol. The van der Waals surface area contributed by atoms with Crippen molar-refractivity contribution in [3.05, 3.63) is 84.5 Å². The van der Waals surface area contributed by atoms with Crippen LogP contribution in [-0.4, -0.2) is 37.3 Å². The fraction of sp³-hybridized carbons (Fsp3) is 0.259. The van der Waals surface area contributed by atoms with E-state index in [-0.39, 0.29) is 23.5 Å². The number of esters is 2. The Morgan fingerprint density at radius 2 is 1.81 bits per heavy atom. The van der Waals surface area contributed by atoms with E-state index in [1.807, 2.05) is 18.2 Å². The first-order valence-electron chi connectivity index (χ1n) is 11.5. The van der Waals surface area contributed by atoms with Gasteiger partial charge in [-0.3, -0.25) is 14.2 Å². The van der Waals surface area contributed by atoms with E-state index >= 15 is 0 Å². The maximum Gasteiger partial charge on any atom is 0.338 e. The third kappa shape index (κ3) is 5.05. The lowest BCUT2D eigenvalue weighted by Crippen LogP contribution is -2.40. The van der Waals surface area contributed by atoms with E-state index in [4.69, 9.17) is 18.9 Å². The molecule has 0 spiro atoms. The largest absolute Gasteiger partial charge is 0.496 e. The Hall–Kier alpha value is -4.18. The summed E-state index contributed by atoms with van der Waals surface area (Å²) in [6.45, 7) is 4.94. The number of rotatable bonds is 7. The maximum absolute atomic E-state index is 13.8. The standard InChI is InChI=1S/C27H26N2O7S/c1-6-35-26(32)23-15(2)28-27-29(24(23)18-9-7-8-10-19(18)33-4)25(31)22(37-27)14-17-11-12-20(36-16(3)30)21(13-17)34-5/h7-14,24H,6H2,1-5H3/b22-14+. The molecule has 192 valence electrons. The van der Waals surface area contributed by atoms with Crippen LogP contribution in [0.25, 0.3) is 6.08 Å². The number of fused-ring (bicyclic) bond motifs is 1. The lowest BCUT2D eigenvalue weighted by molar-refractivity contribution is -0.139. The molecule has 1 aromatic heterocycles. The molecule has 2 heterocycles. The minimum absolute atomic E-state index is 0.184. The first kappa shape index (κ1) is 25.9. The average molecular weight is 523 g/mol. The molecule has 0 amide bonds. The first-order chi connectivity index (χ1) is 17.8. The summed E-state index contributed by atoms with van der Waals surface area (Å²) in [6, 6.07) is 11.4. The highest BCUT2D eigenvalue weighted by Crippen LogP contribution is 2.35. The van der Waals surface area contributed by atoms with Gasteiger partial charge in [-0.05, 0) is 43.7 Å². The Labute approximate surface area is 216 Å². The zero-order valence-corrected chi connectivity index (χ0v) is 21.9. The van der Waals surface area contributed by atoms with E-state index in [0.717, 1.165) is 0 Å². The Morgan fingerprint density at radius 1 is 1.08 bits per heavy atom. The molecule has 1 unspecified atom stereocenters. The molecule has 3 aromatic rings. The normalized spacial score (nSPS) is 15.1. The van der Waals surface area contributed by atoms with E-state index < -0.39 is 18.0 Å². The van der Waals surface area contributed by atoms with Crippen molar-refractivity contribution in [3.63, 3.8) is 0 Å². The van der Waals surface area contributed by atoms with Crippen molar-refractivity contribution < 1.29 is 28.5 Å². The van der Waals surface area contributed by atoms with Gasteiger partial charge in [-0.25, -0.2) is 9.79 Å². The molecule has 0 saturated carbocycles. The highest BCUT2D eigenvalue weighted by molar-refractivity contribution is 7.07. The minimum atomic E-state index is -0.783. The van der Waals surface area contributed by atoms with Gasteiger partial charge in [0.2, 0.25) is 0 Å². The van der Waals surface area contributed by atoms with Gasteiger partial charge in [-0.1, -0.05) is 35.6 Å². The lowest BCUT2D eigenvalue weighted by Gasteiger charge is -2.25. The van der Waals surface area contributed by atoms with Gasteiger partial charge in [0.05, 0.1) is 36.6 Å². The first-order valence-corrected chi connectivity index (χ1v) is 12.3. The molecule has 1 aliphatic rings. The van der Waals surface area contributed by atoms with Gasteiger partial charge in [0.25, 0.3) is 5.56 Å². The van der Waals surface area contributed by atoms with E-state index in [2.05, 4.69) is 4.99 Å². The van der Waals surface area contributed by atoms with Crippen molar-refractivity contribution in [1.29, 1.82) is 0 Å². The minimum Gasteiger partial charge on any atom is -0.496 e. The van der Waals surface area contributed by atoms with Crippen molar-refractivity contribution in [2.24, 2.45) is 4.99 Å². The number of para-hydroxylation sites is 1. The lowest BCUT2D eigenvalue weighted by atomic mass is 9.95. The predicted molar refractivity (Wildman–Crippen MR) is 138 cm³/mol. The predicted octanol–water partition coefficient (Wildman–Crippen LogP) is 2.74. The Kier molecular flexibility index (Phi) is 7.58. The number of hydrogen-bond acceptors (Lipinski definition) is 9. The SMILES string of the molecule is CCOC(=O)C1=C(C)N=c2s/c(=C/c3ccc(OC(C)=O)c(OC)c3)c(=O)n2C1c1ccccc1OC. The van der Waals surface area contributed by atoms with Crippen LogP contribution in [0.5, 0.6) is 17.2 Å². The summed E-state index contributed by atoms with van der Waals surface area (Å²) < 4.78 is 23.3. The number of benzene rings is 2. The third-order valence-electron chi connectivity index (χ3n) is 5.69. The van der Waals surface area contributed by atoms with Crippen molar-refractivity contribution in [3.8, 4) is 17.2 Å². The molecule has 1 aliphatic heterocycles. The Bertz CT molecular complexity index is 1580. The summed E-state index contributed by atoms with van der Waals surface area (Å²) >= 11 is 1.20. The Balaban J connectivity index is 1.92.